The van der Waals surface area contributed by atoms with E-state index in [9.17, 15) is 5.11 Å². The van der Waals surface area contributed by atoms with Crippen molar-refractivity contribution >= 4 is 0 Å². The van der Waals surface area contributed by atoms with Crippen LogP contribution in [0.15, 0.2) is 24.3 Å². The number of hydrogen-bond acceptors (Lipinski definition) is 1. The van der Waals surface area contributed by atoms with Crippen molar-refractivity contribution in [3.05, 3.63) is 29.8 Å². The molecule has 0 spiro atoms. The maximum atomic E-state index is 9.35. The van der Waals surface area contributed by atoms with E-state index in [1.54, 1.807) is 12.1 Å². The Balaban J connectivity index is 3.04. The molecule has 1 aromatic carbocycles. The highest BCUT2D eigenvalue weighted by Gasteiger charge is 2.28. The van der Waals surface area contributed by atoms with E-state index >= 15 is 0 Å². The fourth-order valence-corrected chi connectivity index (χ4v) is 2.66. The van der Waals surface area contributed by atoms with E-state index in [0.717, 1.165) is 12.8 Å². The van der Waals surface area contributed by atoms with Crippen molar-refractivity contribution in [3.63, 3.8) is 0 Å². The smallest absolute Gasteiger partial charge is 0.115 e. The van der Waals surface area contributed by atoms with Crippen molar-refractivity contribution in [2.75, 3.05) is 0 Å². The van der Waals surface area contributed by atoms with Gasteiger partial charge < -0.3 is 5.11 Å². The maximum absolute atomic E-state index is 9.35. The largest absolute Gasteiger partial charge is 0.508 e. The molecule has 1 nitrogen and oxygen atoms in total. The predicted octanol–water partition coefficient (Wildman–Crippen LogP) is 4.50. The van der Waals surface area contributed by atoms with Crippen molar-refractivity contribution in [3.8, 4) is 5.75 Å². The van der Waals surface area contributed by atoms with E-state index in [4.69, 9.17) is 0 Å². The Morgan fingerprint density at radius 3 is 1.94 bits per heavy atom. The molecule has 0 unspecified atom stereocenters. The summed E-state index contributed by atoms with van der Waals surface area (Å²) in [6, 6.07) is 7.75. The lowest BCUT2D eigenvalue weighted by Crippen LogP contribution is -2.26. The molecular weight excluding hydrogens is 196 g/mol. The van der Waals surface area contributed by atoms with Gasteiger partial charge in [-0.05, 0) is 48.3 Å². The van der Waals surface area contributed by atoms with Crippen LogP contribution in [0, 0.1) is 5.92 Å². The van der Waals surface area contributed by atoms with Gasteiger partial charge in [-0.25, -0.2) is 0 Å². The molecule has 0 bridgehead atoms. The predicted molar refractivity (Wildman–Crippen MR) is 69.8 cm³/mol. The van der Waals surface area contributed by atoms with E-state index in [2.05, 4.69) is 39.8 Å². The number of phenols is 1. The second-order valence-corrected chi connectivity index (χ2v) is 5.13. The van der Waals surface area contributed by atoms with Gasteiger partial charge in [-0.1, -0.05) is 39.8 Å². The maximum Gasteiger partial charge on any atom is 0.115 e. The summed E-state index contributed by atoms with van der Waals surface area (Å²) in [6.07, 6.45) is 3.53. The Labute approximate surface area is 99.5 Å². The molecule has 0 aliphatic rings. The SMILES string of the molecule is CCC(CC)(CC(C)C)c1ccc(O)cc1. The first-order valence-electron chi connectivity index (χ1n) is 6.33. The van der Waals surface area contributed by atoms with Gasteiger partial charge >= 0.3 is 0 Å². The molecule has 0 saturated heterocycles. The molecular formula is C15H24O. The zero-order chi connectivity index (χ0) is 12.2. The van der Waals surface area contributed by atoms with Gasteiger partial charge in [0.25, 0.3) is 0 Å². The zero-order valence-corrected chi connectivity index (χ0v) is 11.0. The quantitative estimate of drug-likeness (QED) is 0.774. The van der Waals surface area contributed by atoms with Crippen LogP contribution in [0.25, 0.3) is 0 Å². The Morgan fingerprint density at radius 2 is 1.56 bits per heavy atom. The first kappa shape index (κ1) is 13.1. The highest BCUT2D eigenvalue weighted by atomic mass is 16.3. The second kappa shape index (κ2) is 5.38. The summed E-state index contributed by atoms with van der Waals surface area (Å²) in [6.45, 7) is 9.08. The third kappa shape index (κ3) is 2.78. The molecule has 90 valence electrons. The molecule has 0 aromatic heterocycles. The number of aromatic hydroxyl groups is 1. The van der Waals surface area contributed by atoms with Crippen molar-refractivity contribution < 1.29 is 5.11 Å². The average molecular weight is 220 g/mol. The van der Waals surface area contributed by atoms with Gasteiger partial charge in [-0.2, -0.15) is 0 Å². The summed E-state index contributed by atoms with van der Waals surface area (Å²) in [5, 5.41) is 9.35. The number of hydrogen-bond donors (Lipinski definition) is 1. The normalized spacial score (nSPS) is 12.1. The van der Waals surface area contributed by atoms with Crippen LogP contribution < -0.4 is 0 Å². The molecule has 0 amide bonds. The molecule has 0 heterocycles. The van der Waals surface area contributed by atoms with E-state index < -0.39 is 0 Å². The Hall–Kier alpha value is -0.980. The van der Waals surface area contributed by atoms with Crippen LogP contribution in [0.4, 0.5) is 0 Å². The first-order valence-corrected chi connectivity index (χ1v) is 6.33. The second-order valence-electron chi connectivity index (χ2n) is 5.13. The molecule has 0 atom stereocenters. The molecule has 0 aliphatic heterocycles. The monoisotopic (exact) mass is 220 g/mol. The standard InChI is InChI=1S/C15H24O/c1-5-15(6-2,11-12(3)4)13-7-9-14(16)10-8-13/h7-10,12,16H,5-6,11H2,1-4H3. The van der Waals surface area contributed by atoms with Crippen LogP contribution in [0.5, 0.6) is 5.75 Å². The third-order valence-corrected chi connectivity index (χ3v) is 3.63. The fourth-order valence-electron chi connectivity index (χ4n) is 2.66. The van der Waals surface area contributed by atoms with Crippen molar-refractivity contribution in [2.45, 2.75) is 52.4 Å². The van der Waals surface area contributed by atoms with Gasteiger partial charge in [0.05, 0.1) is 0 Å². The Bertz CT molecular complexity index is 307. The van der Waals surface area contributed by atoms with Crippen molar-refractivity contribution in [1.29, 1.82) is 0 Å². The van der Waals surface area contributed by atoms with Crippen molar-refractivity contribution in [1.82, 2.24) is 0 Å². The topological polar surface area (TPSA) is 20.2 Å². The molecule has 1 heteroatoms. The van der Waals surface area contributed by atoms with E-state index in [-0.39, 0.29) is 5.41 Å². The van der Waals surface area contributed by atoms with Crippen molar-refractivity contribution in [2.24, 2.45) is 5.92 Å². The Morgan fingerprint density at radius 1 is 1.06 bits per heavy atom. The van der Waals surface area contributed by atoms with Gasteiger partial charge in [-0.3, -0.25) is 0 Å². The van der Waals surface area contributed by atoms with Gasteiger partial charge in [0.2, 0.25) is 0 Å². The van der Waals surface area contributed by atoms with Crippen LogP contribution in [-0.2, 0) is 5.41 Å². The summed E-state index contributed by atoms with van der Waals surface area (Å²) < 4.78 is 0. The number of rotatable bonds is 5. The van der Waals surface area contributed by atoms with E-state index in [1.807, 2.05) is 0 Å². The van der Waals surface area contributed by atoms with Gasteiger partial charge in [0.1, 0.15) is 5.75 Å². The minimum absolute atomic E-state index is 0.280. The highest BCUT2D eigenvalue weighted by Crippen LogP contribution is 2.38. The average Bonchev–Trinajstić information content (AvgIpc) is 2.27. The zero-order valence-electron chi connectivity index (χ0n) is 11.0. The molecule has 0 radical (unpaired) electrons. The van der Waals surface area contributed by atoms with Crippen LogP contribution in [0.3, 0.4) is 0 Å². The minimum Gasteiger partial charge on any atom is -0.508 e. The van der Waals surface area contributed by atoms with Gasteiger partial charge in [0.15, 0.2) is 0 Å². The lowest BCUT2D eigenvalue weighted by Gasteiger charge is -2.34. The summed E-state index contributed by atoms with van der Waals surface area (Å²) in [5.74, 6) is 1.06. The van der Waals surface area contributed by atoms with Gasteiger partial charge in [-0.15, -0.1) is 0 Å². The van der Waals surface area contributed by atoms with Gasteiger partial charge in [0, 0.05) is 0 Å². The summed E-state index contributed by atoms with van der Waals surface area (Å²) in [7, 11) is 0. The lowest BCUT2D eigenvalue weighted by atomic mass is 9.70. The molecule has 0 fully saturated rings. The minimum atomic E-state index is 0.280. The van der Waals surface area contributed by atoms with Crippen LogP contribution in [-0.4, -0.2) is 5.11 Å². The summed E-state index contributed by atoms with van der Waals surface area (Å²) in [4.78, 5) is 0. The fraction of sp³-hybridized carbons (Fsp3) is 0.600. The first-order chi connectivity index (χ1) is 7.54. The van der Waals surface area contributed by atoms with E-state index in [1.165, 1.54) is 12.0 Å². The Kier molecular flexibility index (Phi) is 4.40. The van der Waals surface area contributed by atoms with E-state index in [0.29, 0.717) is 11.7 Å². The third-order valence-electron chi connectivity index (χ3n) is 3.63. The van der Waals surface area contributed by atoms with Crippen LogP contribution in [0.2, 0.25) is 0 Å². The lowest BCUT2D eigenvalue weighted by molar-refractivity contribution is 0.316. The highest BCUT2D eigenvalue weighted by molar-refractivity contribution is 5.31. The number of phenolic OH excluding ortho intramolecular Hbond substituents is 1. The summed E-state index contributed by atoms with van der Waals surface area (Å²) in [5.41, 5.74) is 1.64. The molecule has 1 aromatic rings. The molecule has 1 rings (SSSR count). The number of benzene rings is 1. The molecule has 1 N–H and O–H groups in total. The molecule has 0 aliphatic carbocycles. The van der Waals surface area contributed by atoms with Crippen LogP contribution in [0.1, 0.15) is 52.5 Å². The summed E-state index contributed by atoms with van der Waals surface area (Å²) >= 11 is 0. The van der Waals surface area contributed by atoms with Crippen LogP contribution >= 0.6 is 0 Å². The molecule has 16 heavy (non-hydrogen) atoms. The molecule has 0 saturated carbocycles.